The van der Waals surface area contributed by atoms with Gasteiger partial charge in [-0.25, -0.2) is 4.68 Å². The van der Waals surface area contributed by atoms with Crippen molar-refractivity contribution in [2.45, 2.75) is 6.18 Å². The first-order valence-electron chi connectivity index (χ1n) is 3.78. The number of hydrogen-bond acceptors (Lipinski definition) is 2. The fourth-order valence-electron chi connectivity index (χ4n) is 1.18. The Hall–Kier alpha value is -1.72. The average Bonchev–Trinajstić information content (AvgIpc) is 2.50. The van der Waals surface area contributed by atoms with E-state index in [-0.39, 0.29) is 11.5 Å². The Kier molecular flexibility index (Phi) is 1.67. The molecule has 1 aromatic rings. The molecule has 0 aromatic carbocycles. The third kappa shape index (κ3) is 1.28. The highest BCUT2D eigenvalue weighted by Gasteiger charge is 2.36. The Bertz CT molecular complexity index is 414. The van der Waals surface area contributed by atoms with Gasteiger partial charge in [0.1, 0.15) is 11.5 Å². The summed E-state index contributed by atoms with van der Waals surface area (Å²) in [6, 6.07) is 1.45. The van der Waals surface area contributed by atoms with Crippen molar-refractivity contribution in [2.24, 2.45) is 0 Å². The molecule has 2 rings (SSSR count). The van der Waals surface area contributed by atoms with Gasteiger partial charge >= 0.3 is 6.18 Å². The molecule has 1 aliphatic rings. The van der Waals surface area contributed by atoms with E-state index in [4.69, 9.17) is 0 Å². The van der Waals surface area contributed by atoms with Crippen LogP contribution in [0.3, 0.4) is 0 Å². The van der Waals surface area contributed by atoms with Crippen LogP contribution in [0, 0.1) is 0 Å². The van der Waals surface area contributed by atoms with Crippen molar-refractivity contribution in [3.05, 3.63) is 30.6 Å². The van der Waals surface area contributed by atoms with Crippen molar-refractivity contribution >= 4 is 11.5 Å². The Morgan fingerprint density at radius 1 is 1.43 bits per heavy atom. The van der Waals surface area contributed by atoms with Gasteiger partial charge in [-0.3, -0.25) is 0 Å². The zero-order valence-electron chi connectivity index (χ0n) is 6.97. The fraction of sp³-hybridized carbons (Fsp3) is 0.125. The minimum Gasteiger partial charge on any atom is -0.336 e. The van der Waals surface area contributed by atoms with Gasteiger partial charge in [-0.05, 0) is 6.08 Å². The summed E-state index contributed by atoms with van der Waals surface area (Å²) in [7, 11) is 0. The molecule has 0 saturated heterocycles. The molecule has 0 aliphatic carbocycles. The summed E-state index contributed by atoms with van der Waals surface area (Å²) in [5.74, 6) is 0.268. The number of anilines is 1. The molecule has 0 fully saturated rings. The molecular weight excluding hydrogens is 195 g/mol. The monoisotopic (exact) mass is 201 g/mol. The molecule has 1 N–H and O–H groups in total. The molecule has 1 aliphatic heterocycles. The number of nitrogens with one attached hydrogen (secondary N) is 1. The smallest absolute Gasteiger partial charge is 0.336 e. The van der Waals surface area contributed by atoms with E-state index in [0.717, 1.165) is 6.08 Å². The topological polar surface area (TPSA) is 29.9 Å². The summed E-state index contributed by atoms with van der Waals surface area (Å²) in [5.41, 5.74) is -0.633. The highest BCUT2D eigenvalue weighted by atomic mass is 19.4. The number of alkyl halides is 3. The molecule has 1 aromatic heterocycles. The first-order valence-corrected chi connectivity index (χ1v) is 3.78. The second kappa shape index (κ2) is 2.63. The van der Waals surface area contributed by atoms with Gasteiger partial charge in [0.05, 0.1) is 11.9 Å². The number of allylic oxidation sites excluding steroid dienone is 3. The van der Waals surface area contributed by atoms with Gasteiger partial charge in [-0.15, -0.1) is 0 Å². The lowest BCUT2D eigenvalue weighted by Gasteiger charge is -2.20. The van der Waals surface area contributed by atoms with Gasteiger partial charge in [0, 0.05) is 6.07 Å². The van der Waals surface area contributed by atoms with E-state index in [9.17, 15) is 13.2 Å². The summed E-state index contributed by atoms with van der Waals surface area (Å²) in [4.78, 5) is 0. The number of aromatic nitrogens is 2. The average molecular weight is 201 g/mol. The quantitative estimate of drug-likeness (QED) is 0.697. The molecule has 0 amide bonds. The summed E-state index contributed by atoms with van der Waals surface area (Å²) in [6.45, 7) is 3.48. The normalized spacial score (nSPS) is 15.9. The summed E-state index contributed by atoms with van der Waals surface area (Å²) < 4.78 is 38.2. The molecule has 0 spiro atoms. The lowest BCUT2D eigenvalue weighted by molar-refractivity contribution is -0.0904. The van der Waals surface area contributed by atoms with Gasteiger partial charge < -0.3 is 5.32 Å². The predicted octanol–water partition coefficient (Wildman–Crippen LogP) is 2.23. The van der Waals surface area contributed by atoms with Gasteiger partial charge in [0.2, 0.25) is 0 Å². The molecule has 0 radical (unpaired) electrons. The number of rotatable bonds is 0. The molecule has 0 unspecified atom stereocenters. The van der Waals surface area contributed by atoms with E-state index in [1.165, 1.54) is 16.9 Å². The maximum atomic E-state index is 12.3. The number of nitrogens with zero attached hydrogens (tertiary/aromatic N) is 2. The van der Waals surface area contributed by atoms with Gasteiger partial charge in [-0.2, -0.15) is 18.3 Å². The van der Waals surface area contributed by atoms with Crippen molar-refractivity contribution in [3.63, 3.8) is 0 Å². The molecule has 0 saturated carbocycles. The summed E-state index contributed by atoms with van der Waals surface area (Å²) in [5, 5.41) is 6.02. The molecule has 0 atom stereocenters. The highest BCUT2D eigenvalue weighted by Crippen LogP contribution is 2.32. The van der Waals surface area contributed by atoms with Crippen LogP contribution in [0.4, 0.5) is 19.0 Å². The maximum Gasteiger partial charge on any atom is 0.431 e. The van der Waals surface area contributed by atoms with Gasteiger partial charge in [0.25, 0.3) is 0 Å². The molecule has 2 heterocycles. The van der Waals surface area contributed by atoms with Gasteiger partial charge in [-0.1, -0.05) is 6.58 Å². The molecule has 3 nitrogen and oxygen atoms in total. The highest BCUT2D eigenvalue weighted by molar-refractivity contribution is 5.67. The van der Waals surface area contributed by atoms with Crippen LogP contribution in [0.15, 0.2) is 30.6 Å². The molecule has 6 heteroatoms. The van der Waals surface area contributed by atoms with E-state index in [1.807, 2.05) is 0 Å². The summed E-state index contributed by atoms with van der Waals surface area (Å²) >= 11 is 0. The minimum atomic E-state index is -4.39. The second-order valence-corrected chi connectivity index (χ2v) is 2.80. The van der Waals surface area contributed by atoms with E-state index < -0.39 is 11.9 Å². The largest absolute Gasteiger partial charge is 0.431 e. The van der Waals surface area contributed by atoms with E-state index in [0.29, 0.717) is 0 Å². The zero-order chi connectivity index (χ0) is 10.3. The van der Waals surface area contributed by atoms with Crippen molar-refractivity contribution in [1.82, 2.24) is 9.78 Å². The van der Waals surface area contributed by atoms with Crippen LogP contribution >= 0.6 is 0 Å². The van der Waals surface area contributed by atoms with Crippen molar-refractivity contribution in [2.75, 3.05) is 5.32 Å². The van der Waals surface area contributed by atoms with Crippen LogP contribution in [-0.4, -0.2) is 16.0 Å². The van der Waals surface area contributed by atoms with Crippen LogP contribution in [0.1, 0.15) is 0 Å². The number of halogens is 3. The molecule has 0 bridgehead atoms. The maximum absolute atomic E-state index is 12.3. The van der Waals surface area contributed by atoms with E-state index in [1.54, 1.807) is 0 Å². The van der Waals surface area contributed by atoms with Crippen LogP contribution in [0.2, 0.25) is 0 Å². The van der Waals surface area contributed by atoms with Crippen LogP contribution in [-0.2, 0) is 0 Å². The Morgan fingerprint density at radius 3 is 2.79 bits per heavy atom. The predicted molar refractivity (Wildman–Crippen MR) is 45.3 cm³/mol. The lowest BCUT2D eigenvalue weighted by atomic mass is 10.3. The Labute approximate surface area is 77.5 Å². The third-order valence-corrected chi connectivity index (χ3v) is 1.79. The molecular formula is C8H6F3N3. The Balaban J connectivity index is 2.41. The van der Waals surface area contributed by atoms with Crippen molar-refractivity contribution in [3.8, 4) is 0 Å². The molecule has 14 heavy (non-hydrogen) atoms. The van der Waals surface area contributed by atoms with Gasteiger partial charge in [0.15, 0.2) is 0 Å². The van der Waals surface area contributed by atoms with Crippen LogP contribution < -0.4 is 5.32 Å². The second-order valence-electron chi connectivity index (χ2n) is 2.80. The standard InChI is InChI=1S/C8H6F3N3/c1-5-4-6(8(9,10)11)13-7-2-3-12-14(5)7/h2-4,13H,1H2. The third-order valence-electron chi connectivity index (χ3n) is 1.79. The minimum absolute atomic E-state index is 0.191. The first kappa shape index (κ1) is 8.86. The van der Waals surface area contributed by atoms with Crippen molar-refractivity contribution in [1.29, 1.82) is 0 Å². The molecule has 74 valence electrons. The van der Waals surface area contributed by atoms with Crippen LogP contribution in [0.25, 0.3) is 5.70 Å². The van der Waals surface area contributed by atoms with E-state index in [2.05, 4.69) is 17.0 Å². The fourth-order valence-corrected chi connectivity index (χ4v) is 1.18. The SMILES string of the molecule is C=C1C=C(C(F)(F)F)Nc2ccnn21. The van der Waals surface area contributed by atoms with E-state index >= 15 is 0 Å². The van der Waals surface area contributed by atoms with Crippen LogP contribution in [0.5, 0.6) is 0 Å². The first-order chi connectivity index (χ1) is 6.48. The van der Waals surface area contributed by atoms with Crippen molar-refractivity contribution < 1.29 is 13.2 Å². The zero-order valence-corrected chi connectivity index (χ0v) is 6.97. The number of hydrogen-bond donors (Lipinski definition) is 1. The number of fused-ring (bicyclic) bond motifs is 1. The lowest BCUT2D eigenvalue weighted by Crippen LogP contribution is -2.24. The summed E-state index contributed by atoms with van der Waals surface area (Å²) in [6.07, 6.45) is -2.07. The Morgan fingerprint density at radius 2 is 2.14 bits per heavy atom.